The van der Waals surface area contributed by atoms with Gasteiger partial charge < -0.3 is 20.3 Å². The Balaban J connectivity index is 0.00000200. The molecule has 1 unspecified atom stereocenters. The molecule has 0 bridgehead atoms. The molecule has 2 saturated heterocycles. The zero-order valence-electron chi connectivity index (χ0n) is 11.9. The maximum Gasteiger partial charge on any atom is 0.245 e. The molecule has 6 nitrogen and oxygen atoms in total. The van der Waals surface area contributed by atoms with Crippen molar-refractivity contribution in [3.63, 3.8) is 0 Å². The third kappa shape index (κ3) is 3.84. The van der Waals surface area contributed by atoms with Gasteiger partial charge in [0, 0.05) is 19.6 Å². The summed E-state index contributed by atoms with van der Waals surface area (Å²) in [6.45, 7) is 4.72. The second-order valence-electron chi connectivity index (χ2n) is 5.27. The molecule has 0 aliphatic carbocycles. The van der Waals surface area contributed by atoms with Gasteiger partial charge in [-0.05, 0) is 26.2 Å². The number of nitrogens with two attached hydrogens (primary N) is 1. The highest BCUT2D eigenvalue weighted by Gasteiger charge is 2.35. The van der Waals surface area contributed by atoms with E-state index in [0.29, 0.717) is 32.8 Å². The van der Waals surface area contributed by atoms with Gasteiger partial charge in [0.1, 0.15) is 6.04 Å². The SMILES string of the molecule is C[C@H](N)C(=O)N1CCCCC1C(=O)N1CCOCC1.Cl. The lowest BCUT2D eigenvalue weighted by molar-refractivity contribution is -0.150. The van der Waals surface area contributed by atoms with Crippen LogP contribution in [0.4, 0.5) is 0 Å². The fourth-order valence-corrected chi connectivity index (χ4v) is 2.71. The normalized spacial score (nSPS) is 24.8. The second-order valence-corrected chi connectivity index (χ2v) is 5.27. The monoisotopic (exact) mass is 305 g/mol. The molecule has 2 aliphatic heterocycles. The number of halogens is 1. The summed E-state index contributed by atoms with van der Waals surface area (Å²) in [4.78, 5) is 28.1. The van der Waals surface area contributed by atoms with Crippen LogP contribution in [0.1, 0.15) is 26.2 Å². The van der Waals surface area contributed by atoms with E-state index in [2.05, 4.69) is 0 Å². The van der Waals surface area contributed by atoms with Crippen LogP contribution in [0.5, 0.6) is 0 Å². The van der Waals surface area contributed by atoms with Crippen LogP contribution < -0.4 is 5.73 Å². The molecule has 2 heterocycles. The molecule has 2 fully saturated rings. The molecule has 2 aliphatic rings. The van der Waals surface area contributed by atoms with Gasteiger partial charge in [0.25, 0.3) is 0 Å². The van der Waals surface area contributed by atoms with Crippen molar-refractivity contribution in [2.45, 2.75) is 38.3 Å². The second kappa shape index (κ2) is 7.81. The summed E-state index contributed by atoms with van der Waals surface area (Å²) in [5.41, 5.74) is 5.67. The zero-order valence-corrected chi connectivity index (χ0v) is 12.7. The first-order chi connectivity index (χ1) is 9.11. The molecular formula is C13H24ClN3O3. The number of likely N-dealkylation sites (tertiary alicyclic amines) is 1. The van der Waals surface area contributed by atoms with E-state index in [4.69, 9.17) is 10.5 Å². The number of hydrogen-bond donors (Lipinski definition) is 1. The minimum Gasteiger partial charge on any atom is -0.378 e. The number of amides is 2. The molecule has 7 heteroatoms. The highest BCUT2D eigenvalue weighted by molar-refractivity contribution is 5.89. The standard InChI is InChI=1S/C13H23N3O3.ClH/c1-10(14)12(17)16-5-3-2-4-11(16)13(18)15-6-8-19-9-7-15;/h10-11H,2-9,14H2,1H3;1H/t10-,11?;/m0./s1. The van der Waals surface area contributed by atoms with Crippen molar-refractivity contribution < 1.29 is 14.3 Å². The molecule has 2 amide bonds. The maximum atomic E-state index is 12.5. The van der Waals surface area contributed by atoms with E-state index in [-0.39, 0.29) is 30.3 Å². The van der Waals surface area contributed by atoms with E-state index in [1.54, 1.807) is 16.7 Å². The fraction of sp³-hybridized carbons (Fsp3) is 0.846. The number of carbonyl (C=O) groups is 2. The Kier molecular flexibility index (Phi) is 6.71. The van der Waals surface area contributed by atoms with Gasteiger partial charge in [-0.2, -0.15) is 0 Å². The largest absolute Gasteiger partial charge is 0.378 e. The Hall–Kier alpha value is -0.850. The lowest BCUT2D eigenvalue weighted by Crippen LogP contribution is -2.57. The highest BCUT2D eigenvalue weighted by Crippen LogP contribution is 2.20. The Morgan fingerprint density at radius 2 is 1.85 bits per heavy atom. The van der Waals surface area contributed by atoms with Gasteiger partial charge in [-0.1, -0.05) is 0 Å². The molecule has 2 rings (SSSR count). The summed E-state index contributed by atoms with van der Waals surface area (Å²) in [5.74, 6) is -0.0664. The van der Waals surface area contributed by atoms with Crippen molar-refractivity contribution in [2.24, 2.45) is 5.73 Å². The average molecular weight is 306 g/mol. The minimum atomic E-state index is -0.543. The summed E-state index contributed by atoms with van der Waals surface area (Å²) in [6, 6.07) is -0.872. The molecule has 0 aromatic carbocycles. The molecule has 116 valence electrons. The Bertz CT molecular complexity index is 346. The first-order valence-corrected chi connectivity index (χ1v) is 7.04. The first kappa shape index (κ1) is 17.2. The van der Waals surface area contributed by atoms with Gasteiger partial charge in [-0.25, -0.2) is 0 Å². The third-order valence-electron chi connectivity index (χ3n) is 3.78. The molecular weight excluding hydrogens is 282 g/mol. The van der Waals surface area contributed by atoms with E-state index in [1.807, 2.05) is 0 Å². The number of nitrogens with zero attached hydrogens (tertiary/aromatic N) is 2. The van der Waals surface area contributed by atoms with Crippen LogP contribution in [0.25, 0.3) is 0 Å². The molecule has 20 heavy (non-hydrogen) atoms. The zero-order chi connectivity index (χ0) is 13.8. The molecule has 2 atom stereocenters. The summed E-state index contributed by atoms with van der Waals surface area (Å²) >= 11 is 0. The molecule has 0 radical (unpaired) electrons. The molecule has 0 aromatic heterocycles. The fourth-order valence-electron chi connectivity index (χ4n) is 2.71. The van der Waals surface area contributed by atoms with Crippen LogP contribution in [-0.4, -0.2) is 66.5 Å². The molecule has 0 saturated carbocycles. The highest BCUT2D eigenvalue weighted by atomic mass is 35.5. The topological polar surface area (TPSA) is 75.9 Å². The number of piperidine rings is 1. The quantitative estimate of drug-likeness (QED) is 0.779. The van der Waals surface area contributed by atoms with Gasteiger partial charge in [0.15, 0.2) is 0 Å². The van der Waals surface area contributed by atoms with Crippen LogP contribution in [0.3, 0.4) is 0 Å². The van der Waals surface area contributed by atoms with E-state index in [9.17, 15) is 9.59 Å². The lowest BCUT2D eigenvalue weighted by Gasteiger charge is -2.39. The third-order valence-corrected chi connectivity index (χ3v) is 3.78. The molecule has 2 N–H and O–H groups in total. The predicted molar refractivity (Wildman–Crippen MR) is 77.6 cm³/mol. The number of rotatable bonds is 2. The first-order valence-electron chi connectivity index (χ1n) is 7.04. The Morgan fingerprint density at radius 1 is 1.20 bits per heavy atom. The van der Waals surface area contributed by atoms with Gasteiger partial charge in [0.05, 0.1) is 19.3 Å². The number of carbonyl (C=O) groups excluding carboxylic acids is 2. The van der Waals surface area contributed by atoms with Gasteiger partial charge in [-0.3, -0.25) is 9.59 Å². The number of hydrogen-bond acceptors (Lipinski definition) is 4. The minimum absolute atomic E-state index is 0. The van der Waals surface area contributed by atoms with Crippen LogP contribution in [-0.2, 0) is 14.3 Å². The Morgan fingerprint density at radius 3 is 2.45 bits per heavy atom. The Labute approximate surface area is 126 Å². The van der Waals surface area contributed by atoms with Crippen molar-refractivity contribution >= 4 is 24.2 Å². The summed E-state index contributed by atoms with van der Waals surface area (Å²) in [5, 5.41) is 0. The van der Waals surface area contributed by atoms with E-state index in [0.717, 1.165) is 19.3 Å². The number of morpholine rings is 1. The predicted octanol–water partition coefficient (Wildman–Crippen LogP) is -0.00470. The van der Waals surface area contributed by atoms with Crippen molar-refractivity contribution in [1.82, 2.24) is 9.80 Å². The molecule has 0 aromatic rings. The van der Waals surface area contributed by atoms with Crippen LogP contribution in [0.15, 0.2) is 0 Å². The van der Waals surface area contributed by atoms with Crippen molar-refractivity contribution in [2.75, 3.05) is 32.8 Å². The van der Waals surface area contributed by atoms with Gasteiger partial charge in [-0.15, -0.1) is 12.4 Å². The van der Waals surface area contributed by atoms with Crippen molar-refractivity contribution in [1.29, 1.82) is 0 Å². The average Bonchev–Trinajstić information content (AvgIpc) is 2.46. The van der Waals surface area contributed by atoms with Gasteiger partial charge >= 0.3 is 0 Å². The van der Waals surface area contributed by atoms with Crippen molar-refractivity contribution in [3.8, 4) is 0 Å². The van der Waals surface area contributed by atoms with E-state index >= 15 is 0 Å². The smallest absolute Gasteiger partial charge is 0.245 e. The lowest BCUT2D eigenvalue weighted by atomic mass is 9.99. The summed E-state index contributed by atoms with van der Waals surface area (Å²) in [7, 11) is 0. The van der Waals surface area contributed by atoms with Crippen LogP contribution in [0, 0.1) is 0 Å². The summed E-state index contributed by atoms with van der Waals surface area (Å²) < 4.78 is 5.26. The summed E-state index contributed by atoms with van der Waals surface area (Å²) in [6.07, 6.45) is 2.68. The number of ether oxygens (including phenoxy) is 1. The van der Waals surface area contributed by atoms with E-state index < -0.39 is 6.04 Å². The van der Waals surface area contributed by atoms with Crippen LogP contribution in [0.2, 0.25) is 0 Å². The molecule has 0 spiro atoms. The maximum absolute atomic E-state index is 12.5. The van der Waals surface area contributed by atoms with Gasteiger partial charge in [0.2, 0.25) is 11.8 Å². The van der Waals surface area contributed by atoms with Crippen LogP contribution >= 0.6 is 12.4 Å². The van der Waals surface area contributed by atoms with E-state index in [1.165, 1.54) is 0 Å². The van der Waals surface area contributed by atoms with Crippen molar-refractivity contribution in [3.05, 3.63) is 0 Å².